The van der Waals surface area contributed by atoms with E-state index >= 15 is 0 Å². The van der Waals surface area contributed by atoms with E-state index in [4.69, 9.17) is 0 Å². The van der Waals surface area contributed by atoms with E-state index in [2.05, 4.69) is 53.3 Å². The van der Waals surface area contributed by atoms with E-state index in [-0.39, 0.29) is 5.91 Å². The van der Waals surface area contributed by atoms with Gasteiger partial charge in [0.2, 0.25) is 0 Å². The SMILES string of the molecule is CC(C)CCNc1cc(C(=O)N2CCN(c3ccccc3)CC2)ccn1. The number of pyridine rings is 1. The number of hydrogen-bond donors (Lipinski definition) is 1. The van der Waals surface area contributed by atoms with E-state index < -0.39 is 0 Å². The summed E-state index contributed by atoms with van der Waals surface area (Å²) in [7, 11) is 0. The minimum absolute atomic E-state index is 0.0898. The lowest BCUT2D eigenvalue weighted by Gasteiger charge is -2.36. The quantitative estimate of drug-likeness (QED) is 0.864. The van der Waals surface area contributed by atoms with Crippen molar-refractivity contribution in [1.29, 1.82) is 0 Å². The first-order valence-corrected chi connectivity index (χ1v) is 9.42. The molecule has 1 aromatic heterocycles. The minimum Gasteiger partial charge on any atom is -0.370 e. The number of para-hydroxylation sites is 1. The summed E-state index contributed by atoms with van der Waals surface area (Å²) < 4.78 is 0. The number of rotatable bonds is 6. The number of amides is 1. The number of nitrogens with one attached hydrogen (secondary N) is 1. The highest BCUT2D eigenvalue weighted by Crippen LogP contribution is 2.17. The molecule has 1 N–H and O–H groups in total. The first-order valence-electron chi connectivity index (χ1n) is 9.42. The van der Waals surface area contributed by atoms with Crippen LogP contribution in [0.25, 0.3) is 0 Å². The van der Waals surface area contributed by atoms with Crippen LogP contribution in [0.4, 0.5) is 11.5 Å². The van der Waals surface area contributed by atoms with Crippen LogP contribution in [-0.2, 0) is 0 Å². The van der Waals surface area contributed by atoms with Gasteiger partial charge < -0.3 is 15.1 Å². The van der Waals surface area contributed by atoms with E-state index in [1.54, 1.807) is 12.3 Å². The molecule has 2 aromatic rings. The highest BCUT2D eigenvalue weighted by atomic mass is 16.2. The number of carbonyl (C=O) groups excluding carboxylic acids is 1. The molecule has 1 aliphatic heterocycles. The van der Waals surface area contributed by atoms with Gasteiger partial charge in [-0.25, -0.2) is 4.98 Å². The zero-order chi connectivity index (χ0) is 18.4. The fourth-order valence-corrected chi connectivity index (χ4v) is 3.14. The zero-order valence-corrected chi connectivity index (χ0v) is 15.7. The summed E-state index contributed by atoms with van der Waals surface area (Å²) in [5.41, 5.74) is 1.93. The monoisotopic (exact) mass is 352 g/mol. The molecule has 1 aliphatic rings. The van der Waals surface area contributed by atoms with Gasteiger partial charge in [-0.15, -0.1) is 0 Å². The highest BCUT2D eigenvalue weighted by molar-refractivity contribution is 5.95. The number of anilines is 2. The van der Waals surface area contributed by atoms with Crippen LogP contribution >= 0.6 is 0 Å². The average molecular weight is 352 g/mol. The van der Waals surface area contributed by atoms with Crippen LogP contribution in [0.15, 0.2) is 48.7 Å². The molecule has 1 saturated heterocycles. The molecule has 5 nitrogen and oxygen atoms in total. The summed E-state index contributed by atoms with van der Waals surface area (Å²) in [5.74, 6) is 1.51. The van der Waals surface area contributed by atoms with Crippen LogP contribution in [0.2, 0.25) is 0 Å². The Bertz CT molecular complexity index is 709. The third-order valence-electron chi connectivity index (χ3n) is 4.72. The fourth-order valence-electron chi connectivity index (χ4n) is 3.14. The van der Waals surface area contributed by atoms with E-state index in [0.29, 0.717) is 11.5 Å². The van der Waals surface area contributed by atoms with Gasteiger partial charge in [0.05, 0.1) is 0 Å². The lowest BCUT2D eigenvalue weighted by Crippen LogP contribution is -2.48. The maximum Gasteiger partial charge on any atom is 0.254 e. The van der Waals surface area contributed by atoms with Crippen molar-refractivity contribution in [1.82, 2.24) is 9.88 Å². The lowest BCUT2D eigenvalue weighted by molar-refractivity contribution is 0.0746. The van der Waals surface area contributed by atoms with Crippen molar-refractivity contribution in [3.8, 4) is 0 Å². The number of piperazine rings is 1. The van der Waals surface area contributed by atoms with Crippen LogP contribution in [0.1, 0.15) is 30.6 Å². The molecule has 0 aliphatic carbocycles. The van der Waals surface area contributed by atoms with Gasteiger partial charge >= 0.3 is 0 Å². The van der Waals surface area contributed by atoms with Gasteiger partial charge in [0.1, 0.15) is 5.82 Å². The minimum atomic E-state index is 0.0898. The predicted octanol–water partition coefficient (Wildman–Crippen LogP) is 3.50. The van der Waals surface area contributed by atoms with Crippen molar-refractivity contribution in [3.63, 3.8) is 0 Å². The summed E-state index contributed by atoms with van der Waals surface area (Å²) in [6, 6.07) is 14.0. The van der Waals surface area contributed by atoms with Crippen LogP contribution in [0, 0.1) is 5.92 Å². The molecule has 0 spiro atoms. The number of hydrogen-bond acceptors (Lipinski definition) is 4. The second-order valence-corrected chi connectivity index (χ2v) is 7.15. The largest absolute Gasteiger partial charge is 0.370 e. The van der Waals surface area contributed by atoms with Crippen molar-refractivity contribution < 1.29 is 4.79 Å². The Morgan fingerprint density at radius 2 is 1.85 bits per heavy atom. The van der Waals surface area contributed by atoms with Gasteiger partial charge in [0.15, 0.2) is 0 Å². The second kappa shape index (κ2) is 8.70. The van der Waals surface area contributed by atoms with E-state index in [0.717, 1.165) is 45.0 Å². The maximum absolute atomic E-state index is 12.8. The fraction of sp³-hybridized carbons (Fsp3) is 0.429. The summed E-state index contributed by atoms with van der Waals surface area (Å²) in [5, 5.41) is 3.31. The maximum atomic E-state index is 12.8. The van der Waals surface area contributed by atoms with Crippen LogP contribution in [0.5, 0.6) is 0 Å². The van der Waals surface area contributed by atoms with E-state index in [9.17, 15) is 4.79 Å². The van der Waals surface area contributed by atoms with Crippen molar-refractivity contribution in [2.45, 2.75) is 20.3 Å². The van der Waals surface area contributed by atoms with Crippen molar-refractivity contribution in [3.05, 3.63) is 54.2 Å². The molecule has 1 fully saturated rings. The Morgan fingerprint density at radius 3 is 2.54 bits per heavy atom. The van der Waals surface area contributed by atoms with E-state index in [1.165, 1.54) is 5.69 Å². The molecular formula is C21H28N4O. The van der Waals surface area contributed by atoms with Crippen LogP contribution in [-0.4, -0.2) is 48.5 Å². The molecule has 0 radical (unpaired) electrons. The Morgan fingerprint density at radius 1 is 1.12 bits per heavy atom. The standard InChI is InChI=1S/C21H28N4O/c1-17(2)8-10-22-20-16-18(9-11-23-20)21(26)25-14-12-24(13-15-25)19-6-4-3-5-7-19/h3-7,9,11,16-17H,8,10,12-15H2,1-2H3,(H,22,23). The van der Waals surface area contributed by atoms with Gasteiger partial charge in [-0.05, 0) is 36.6 Å². The first kappa shape index (κ1) is 18.2. The number of benzene rings is 1. The van der Waals surface area contributed by atoms with Crippen LogP contribution < -0.4 is 10.2 Å². The van der Waals surface area contributed by atoms with Crippen molar-refractivity contribution in [2.75, 3.05) is 42.9 Å². The molecule has 1 amide bonds. The molecule has 0 bridgehead atoms. The summed E-state index contributed by atoms with van der Waals surface area (Å²) in [6.07, 6.45) is 2.80. The Kier molecular flexibility index (Phi) is 6.10. The summed E-state index contributed by atoms with van der Waals surface area (Å²) in [4.78, 5) is 21.4. The molecule has 5 heteroatoms. The first-order chi connectivity index (χ1) is 12.6. The molecule has 138 valence electrons. The Labute approximate surface area is 156 Å². The molecule has 2 heterocycles. The number of nitrogens with zero attached hydrogens (tertiary/aromatic N) is 3. The third kappa shape index (κ3) is 4.75. The number of aromatic nitrogens is 1. The average Bonchev–Trinajstić information content (AvgIpc) is 2.68. The summed E-state index contributed by atoms with van der Waals surface area (Å²) >= 11 is 0. The van der Waals surface area contributed by atoms with Gasteiger partial charge in [-0.2, -0.15) is 0 Å². The summed E-state index contributed by atoms with van der Waals surface area (Å²) in [6.45, 7) is 8.48. The molecule has 0 unspecified atom stereocenters. The Balaban J connectivity index is 1.56. The van der Waals surface area contributed by atoms with Gasteiger partial charge in [-0.1, -0.05) is 32.0 Å². The molecular weight excluding hydrogens is 324 g/mol. The van der Waals surface area contributed by atoms with E-state index in [1.807, 2.05) is 17.0 Å². The van der Waals surface area contributed by atoms with Gasteiger partial charge in [0.25, 0.3) is 5.91 Å². The zero-order valence-electron chi connectivity index (χ0n) is 15.7. The molecule has 0 atom stereocenters. The smallest absolute Gasteiger partial charge is 0.254 e. The topological polar surface area (TPSA) is 48.5 Å². The number of carbonyl (C=O) groups is 1. The second-order valence-electron chi connectivity index (χ2n) is 7.15. The molecule has 26 heavy (non-hydrogen) atoms. The highest BCUT2D eigenvalue weighted by Gasteiger charge is 2.22. The Hall–Kier alpha value is -2.56. The van der Waals surface area contributed by atoms with Gasteiger partial charge in [-0.3, -0.25) is 4.79 Å². The predicted molar refractivity (Wildman–Crippen MR) is 107 cm³/mol. The normalized spacial score (nSPS) is 14.6. The van der Waals surface area contributed by atoms with Crippen molar-refractivity contribution in [2.24, 2.45) is 5.92 Å². The molecule has 1 aromatic carbocycles. The lowest BCUT2D eigenvalue weighted by atomic mass is 10.1. The third-order valence-corrected chi connectivity index (χ3v) is 4.72. The molecule has 3 rings (SSSR count). The molecule has 0 saturated carbocycles. The van der Waals surface area contributed by atoms with Crippen LogP contribution in [0.3, 0.4) is 0 Å². The van der Waals surface area contributed by atoms with Gasteiger partial charge in [0, 0.05) is 50.2 Å². The van der Waals surface area contributed by atoms with Crippen molar-refractivity contribution >= 4 is 17.4 Å².